The quantitative estimate of drug-likeness (QED) is 0.681. The molecule has 0 bridgehead atoms. The van der Waals surface area contributed by atoms with E-state index in [2.05, 4.69) is 93.3 Å². The number of hydrogen-bond donors (Lipinski definition) is 1. The van der Waals surface area contributed by atoms with Crippen molar-refractivity contribution in [1.82, 2.24) is 10.2 Å². The van der Waals surface area contributed by atoms with Crippen LogP contribution < -0.4 is 5.32 Å². The van der Waals surface area contributed by atoms with Gasteiger partial charge >= 0.3 is 0 Å². The first-order chi connectivity index (χ1) is 11.9. The van der Waals surface area contributed by atoms with E-state index in [1.165, 1.54) is 11.5 Å². The molecule has 1 heterocycles. The van der Waals surface area contributed by atoms with Gasteiger partial charge in [0.1, 0.15) is 5.84 Å². The molecule has 158 valence electrons. The van der Waals surface area contributed by atoms with Crippen LogP contribution in [-0.2, 0) is 0 Å². The van der Waals surface area contributed by atoms with Gasteiger partial charge < -0.3 is 10.2 Å². The van der Waals surface area contributed by atoms with Gasteiger partial charge in [0.25, 0.3) is 0 Å². The third kappa shape index (κ3) is 7.93. The number of rotatable bonds is 5. The normalized spacial score (nSPS) is 18.7. The Bertz CT molecular complexity index is 545. The molecule has 1 N–H and O–H groups in total. The van der Waals surface area contributed by atoms with E-state index in [1.807, 2.05) is 0 Å². The van der Waals surface area contributed by atoms with Crippen molar-refractivity contribution in [3.8, 4) is 0 Å². The van der Waals surface area contributed by atoms with E-state index >= 15 is 0 Å². The topological polar surface area (TPSA) is 40.0 Å². The largest absolute Gasteiger partial charge is 0.357 e. The molecule has 0 aromatic rings. The van der Waals surface area contributed by atoms with Crippen LogP contribution in [0.2, 0.25) is 0 Å². The lowest BCUT2D eigenvalue weighted by molar-refractivity contribution is 0.318. The molecule has 1 aliphatic rings. The summed E-state index contributed by atoms with van der Waals surface area (Å²) in [5.41, 5.74) is 1.40. The van der Waals surface area contributed by atoms with E-state index in [1.54, 1.807) is 0 Å². The van der Waals surface area contributed by atoms with Crippen LogP contribution in [0.1, 0.15) is 83.1 Å². The number of aliphatic imine (C=N–C) groups is 2. The maximum Gasteiger partial charge on any atom is 0.108 e. The Kier molecular flexibility index (Phi) is 7.35. The van der Waals surface area contributed by atoms with Gasteiger partial charge in [-0.2, -0.15) is 0 Å². The molecular weight excluding hydrogens is 332 g/mol. The monoisotopic (exact) mass is 378 g/mol. The molecule has 27 heavy (non-hydrogen) atoms. The lowest BCUT2D eigenvalue weighted by Gasteiger charge is -2.41. The lowest BCUT2D eigenvalue weighted by Crippen LogP contribution is -2.50. The fourth-order valence-corrected chi connectivity index (χ4v) is 3.51. The summed E-state index contributed by atoms with van der Waals surface area (Å²) in [6.45, 7) is 31.0. The number of hydrogen-bond acceptors (Lipinski definition) is 4. The van der Waals surface area contributed by atoms with Gasteiger partial charge in [0.15, 0.2) is 0 Å². The van der Waals surface area contributed by atoms with Crippen molar-refractivity contribution >= 4 is 11.5 Å². The summed E-state index contributed by atoms with van der Waals surface area (Å²) < 4.78 is 0. The minimum absolute atomic E-state index is 0.00562. The Labute approximate surface area is 169 Å². The minimum Gasteiger partial charge on any atom is -0.357 e. The van der Waals surface area contributed by atoms with Gasteiger partial charge in [0, 0.05) is 36.3 Å². The lowest BCUT2D eigenvalue weighted by atomic mass is 9.69. The van der Waals surface area contributed by atoms with Crippen LogP contribution in [0, 0.1) is 16.7 Å². The van der Waals surface area contributed by atoms with Gasteiger partial charge in [-0.25, -0.2) is 0 Å². The predicted molar refractivity (Wildman–Crippen MR) is 121 cm³/mol. The van der Waals surface area contributed by atoms with Gasteiger partial charge in [0.2, 0.25) is 0 Å². The Morgan fingerprint density at radius 3 is 1.96 bits per heavy atom. The molecule has 0 spiro atoms. The van der Waals surface area contributed by atoms with E-state index in [-0.39, 0.29) is 27.8 Å². The maximum absolute atomic E-state index is 5.24. The molecule has 0 aromatic carbocycles. The van der Waals surface area contributed by atoms with Gasteiger partial charge in [-0.1, -0.05) is 41.5 Å². The first-order valence-corrected chi connectivity index (χ1v) is 10.6. The molecule has 0 aromatic heterocycles. The first-order valence-electron chi connectivity index (χ1n) is 10.6. The van der Waals surface area contributed by atoms with Crippen molar-refractivity contribution in [3.63, 3.8) is 0 Å². The van der Waals surface area contributed by atoms with E-state index < -0.39 is 0 Å². The van der Waals surface area contributed by atoms with Crippen LogP contribution >= 0.6 is 0 Å². The average Bonchev–Trinajstić information content (AvgIpc) is 2.80. The molecule has 1 rings (SSSR count). The predicted octanol–water partition coefficient (Wildman–Crippen LogP) is 5.04. The van der Waals surface area contributed by atoms with Gasteiger partial charge in [-0.05, 0) is 47.0 Å². The van der Waals surface area contributed by atoms with Crippen LogP contribution in [0.3, 0.4) is 0 Å². The minimum atomic E-state index is -0.0934. The van der Waals surface area contributed by atoms with Crippen molar-refractivity contribution in [2.45, 2.75) is 94.2 Å². The highest BCUT2D eigenvalue weighted by Crippen LogP contribution is 2.38. The van der Waals surface area contributed by atoms with Crippen LogP contribution in [0.4, 0.5) is 0 Å². The standard InChI is InChI=1S/C23H46N4/c1-20(2,3)17(18(21(4,5)6)26-23(10,11)12)19-24-13-15-27(19)16-14-25-22(7,8)9/h17,25H,13-16H2,1-12H3. The van der Waals surface area contributed by atoms with Gasteiger partial charge in [-0.15, -0.1) is 0 Å². The van der Waals surface area contributed by atoms with Gasteiger partial charge in [0.05, 0.1) is 18.0 Å². The highest BCUT2D eigenvalue weighted by molar-refractivity contribution is 6.09. The Balaban J connectivity index is 3.24. The molecular formula is C23H46N4. The zero-order valence-corrected chi connectivity index (χ0v) is 20.2. The Morgan fingerprint density at radius 2 is 1.56 bits per heavy atom. The molecule has 0 amide bonds. The average molecular weight is 379 g/mol. The second-order valence-electron chi connectivity index (χ2n) is 12.1. The Hall–Kier alpha value is -0.900. The van der Waals surface area contributed by atoms with Crippen LogP contribution in [0.5, 0.6) is 0 Å². The summed E-state index contributed by atoms with van der Waals surface area (Å²) in [7, 11) is 0. The molecule has 4 nitrogen and oxygen atoms in total. The summed E-state index contributed by atoms with van der Waals surface area (Å²) in [6.07, 6.45) is 0. The summed E-state index contributed by atoms with van der Waals surface area (Å²) in [5, 5.41) is 3.62. The number of nitrogens with one attached hydrogen (secondary N) is 1. The fraction of sp³-hybridized carbons (Fsp3) is 0.913. The van der Waals surface area contributed by atoms with E-state index in [9.17, 15) is 0 Å². The molecule has 0 saturated carbocycles. The molecule has 0 radical (unpaired) electrons. The van der Waals surface area contributed by atoms with E-state index in [0.717, 1.165) is 26.2 Å². The molecule has 4 heteroatoms. The second kappa shape index (κ2) is 8.23. The van der Waals surface area contributed by atoms with Gasteiger partial charge in [-0.3, -0.25) is 9.98 Å². The van der Waals surface area contributed by atoms with Crippen molar-refractivity contribution in [3.05, 3.63) is 0 Å². The number of amidine groups is 1. The highest BCUT2D eigenvalue weighted by Gasteiger charge is 2.42. The first kappa shape index (κ1) is 24.1. The summed E-state index contributed by atoms with van der Waals surface area (Å²) in [6, 6.07) is 0. The third-order valence-corrected chi connectivity index (χ3v) is 4.63. The molecule has 0 fully saturated rings. The third-order valence-electron chi connectivity index (χ3n) is 4.63. The maximum atomic E-state index is 5.24. The molecule has 0 aliphatic carbocycles. The summed E-state index contributed by atoms with van der Waals surface area (Å²) in [4.78, 5) is 12.7. The summed E-state index contributed by atoms with van der Waals surface area (Å²) >= 11 is 0. The van der Waals surface area contributed by atoms with Crippen molar-refractivity contribution < 1.29 is 0 Å². The Morgan fingerprint density at radius 1 is 1.00 bits per heavy atom. The van der Waals surface area contributed by atoms with E-state index in [4.69, 9.17) is 9.98 Å². The smallest absolute Gasteiger partial charge is 0.108 e. The zero-order chi connectivity index (χ0) is 21.3. The van der Waals surface area contributed by atoms with Crippen molar-refractivity contribution in [1.29, 1.82) is 0 Å². The zero-order valence-electron chi connectivity index (χ0n) is 20.2. The molecule has 1 unspecified atom stereocenters. The van der Waals surface area contributed by atoms with Crippen LogP contribution in [-0.4, -0.2) is 53.7 Å². The van der Waals surface area contributed by atoms with Crippen molar-refractivity contribution in [2.24, 2.45) is 26.7 Å². The molecule has 1 aliphatic heterocycles. The number of nitrogens with zero attached hydrogens (tertiary/aromatic N) is 3. The van der Waals surface area contributed by atoms with Crippen molar-refractivity contribution in [2.75, 3.05) is 26.2 Å². The SMILES string of the molecule is CC(C)(C)N=C(C(C1=NCCN1CCNC(C)(C)C)C(C)(C)C)C(C)(C)C. The fourth-order valence-electron chi connectivity index (χ4n) is 3.51. The molecule has 0 saturated heterocycles. The molecule has 1 atom stereocenters. The van der Waals surface area contributed by atoms with Crippen LogP contribution in [0.15, 0.2) is 9.98 Å². The van der Waals surface area contributed by atoms with Crippen LogP contribution in [0.25, 0.3) is 0 Å². The summed E-state index contributed by atoms with van der Waals surface area (Å²) in [5.74, 6) is 1.46. The second-order valence-corrected chi connectivity index (χ2v) is 12.1. The highest BCUT2D eigenvalue weighted by atomic mass is 15.3. The van der Waals surface area contributed by atoms with E-state index in [0.29, 0.717) is 0 Å².